The normalized spacial score (nSPS) is 11.2. The van der Waals surface area contributed by atoms with Crippen molar-refractivity contribution >= 4 is 28.1 Å². The number of hydrogen-bond donors (Lipinski definition) is 1. The fourth-order valence-electron chi connectivity index (χ4n) is 2.89. The number of rotatable bonds is 3. The SMILES string of the molecule is Cc1ccc(NC(=O)Cn2nc3c4cc(F)ccc4ncn3c2=O)cc1C. The van der Waals surface area contributed by atoms with Crippen LogP contribution in [0.1, 0.15) is 11.1 Å². The van der Waals surface area contributed by atoms with E-state index >= 15 is 0 Å². The van der Waals surface area contributed by atoms with Gasteiger partial charge >= 0.3 is 5.69 Å². The molecule has 27 heavy (non-hydrogen) atoms. The minimum Gasteiger partial charge on any atom is -0.324 e. The van der Waals surface area contributed by atoms with Gasteiger partial charge < -0.3 is 5.32 Å². The Morgan fingerprint density at radius 2 is 1.96 bits per heavy atom. The lowest BCUT2D eigenvalue weighted by Crippen LogP contribution is -2.28. The van der Waals surface area contributed by atoms with Gasteiger partial charge in [-0.1, -0.05) is 6.07 Å². The van der Waals surface area contributed by atoms with E-state index in [2.05, 4.69) is 15.4 Å². The highest BCUT2D eigenvalue weighted by molar-refractivity contribution is 5.92. The summed E-state index contributed by atoms with van der Waals surface area (Å²) < 4.78 is 15.8. The Morgan fingerprint density at radius 1 is 1.15 bits per heavy atom. The molecule has 0 spiro atoms. The largest absolute Gasteiger partial charge is 0.352 e. The van der Waals surface area contributed by atoms with Gasteiger partial charge in [-0.3, -0.25) is 4.79 Å². The third-order valence-electron chi connectivity index (χ3n) is 4.47. The zero-order chi connectivity index (χ0) is 19.1. The van der Waals surface area contributed by atoms with Crippen LogP contribution in [-0.4, -0.2) is 25.1 Å². The van der Waals surface area contributed by atoms with Crippen molar-refractivity contribution in [3.63, 3.8) is 0 Å². The molecular formula is C19H16FN5O2. The Bertz CT molecular complexity index is 1260. The molecule has 4 aromatic rings. The molecule has 0 unspecified atom stereocenters. The van der Waals surface area contributed by atoms with E-state index in [0.717, 1.165) is 15.8 Å². The molecule has 136 valence electrons. The number of nitrogens with zero attached hydrogens (tertiary/aromatic N) is 4. The van der Waals surface area contributed by atoms with Crippen LogP contribution < -0.4 is 11.0 Å². The number of carbonyl (C=O) groups is 1. The predicted octanol–water partition coefficient (Wildman–Crippen LogP) is 2.44. The quantitative estimate of drug-likeness (QED) is 0.605. The number of benzene rings is 2. The summed E-state index contributed by atoms with van der Waals surface area (Å²) in [5.41, 5.74) is 3.07. The van der Waals surface area contributed by atoms with Crippen LogP contribution in [0.5, 0.6) is 0 Å². The van der Waals surface area contributed by atoms with Crippen LogP contribution in [0.4, 0.5) is 10.1 Å². The summed E-state index contributed by atoms with van der Waals surface area (Å²) in [7, 11) is 0. The van der Waals surface area contributed by atoms with Crippen LogP contribution in [-0.2, 0) is 11.3 Å². The second-order valence-corrected chi connectivity index (χ2v) is 6.39. The van der Waals surface area contributed by atoms with E-state index in [0.29, 0.717) is 16.6 Å². The molecule has 1 amide bonds. The van der Waals surface area contributed by atoms with E-state index in [1.54, 1.807) is 6.07 Å². The average Bonchev–Trinajstić information content (AvgIpc) is 2.94. The van der Waals surface area contributed by atoms with Gasteiger partial charge in [-0.25, -0.2) is 23.3 Å². The second kappa shape index (κ2) is 6.31. The molecule has 2 aromatic heterocycles. The predicted molar refractivity (Wildman–Crippen MR) is 99.3 cm³/mol. The third kappa shape index (κ3) is 3.05. The van der Waals surface area contributed by atoms with Crippen molar-refractivity contribution < 1.29 is 9.18 Å². The maximum absolute atomic E-state index is 13.6. The minimum absolute atomic E-state index is 0.253. The molecule has 1 N–H and O–H groups in total. The Hall–Kier alpha value is -3.55. The lowest BCUT2D eigenvalue weighted by Gasteiger charge is -2.07. The number of hydrogen-bond acceptors (Lipinski definition) is 4. The number of nitrogens with one attached hydrogen (secondary N) is 1. The molecule has 2 aromatic carbocycles. The summed E-state index contributed by atoms with van der Waals surface area (Å²) in [5, 5.41) is 7.35. The molecule has 0 fully saturated rings. The maximum atomic E-state index is 13.6. The minimum atomic E-state index is -0.515. The van der Waals surface area contributed by atoms with Crippen molar-refractivity contribution in [2.24, 2.45) is 0 Å². The number of anilines is 1. The van der Waals surface area contributed by atoms with Gasteiger partial charge in [-0.05, 0) is 55.3 Å². The van der Waals surface area contributed by atoms with E-state index in [1.807, 2.05) is 26.0 Å². The van der Waals surface area contributed by atoms with E-state index in [4.69, 9.17) is 0 Å². The molecule has 2 heterocycles. The van der Waals surface area contributed by atoms with Crippen LogP contribution in [0, 0.1) is 19.7 Å². The first kappa shape index (κ1) is 16.9. The van der Waals surface area contributed by atoms with Crippen LogP contribution >= 0.6 is 0 Å². The zero-order valence-corrected chi connectivity index (χ0v) is 14.7. The highest BCUT2D eigenvalue weighted by atomic mass is 19.1. The number of amides is 1. The molecule has 7 nitrogen and oxygen atoms in total. The summed E-state index contributed by atoms with van der Waals surface area (Å²) in [5.74, 6) is -0.834. The molecule has 0 aliphatic carbocycles. The van der Waals surface area contributed by atoms with Crippen LogP contribution in [0.25, 0.3) is 16.6 Å². The Morgan fingerprint density at radius 3 is 2.74 bits per heavy atom. The van der Waals surface area contributed by atoms with E-state index in [1.165, 1.54) is 28.9 Å². The highest BCUT2D eigenvalue weighted by Gasteiger charge is 2.14. The topological polar surface area (TPSA) is 81.3 Å². The molecule has 0 bridgehead atoms. The van der Waals surface area contributed by atoms with E-state index in [9.17, 15) is 14.0 Å². The number of fused-ring (bicyclic) bond motifs is 3. The summed E-state index contributed by atoms with van der Waals surface area (Å²) in [4.78, 5) is 29.0. The van der Waals surface area contributed by atoms with E-state index in [-0.39, 0.29) is 18.1 Å². The maximum Gasteiger partial charge on any atom is 0.352 e. The first-order valence-corrected chi connectivity index (χ1v) is 8.33. The molecule has 0 aliphatic rings. The van der Waals surface area contributed by atoms with Gasteiger partial charge in [0.15, 0.2) is 5.65 Å². The summed E-state index contributed by atoms with van der Waals surface area (Å²) >= 11 is 0. The summed E-state index contributed by atoms with van der Waals surface area (Å²) in [6.45, 7) is 3.68. The average molecular weight is 365 g/mol. The number of halogens is 1. The number of carbonyl (C=O) groups excluding carboxylic acids is 1. The fraction of sp³-hybridized carbons (Fsp3) is 0.158. The van der Waals surface area contributed by atoms with Crippen molar-refractivity contribution in [3.8, 4) is 0 Å². The van der Waals surface area contributed by atoms with Crippen LogP contribution in [0.2, 0.25) is 0 Å². The summed E-state index contributed by atoms with van der Waals surface area (Å²) in [6.07, 6.45) is 1.32. The van der Waals surface area contributed by atoms with Crippen molar-refractivity contribution in [2.45, 2.75) is 20.4 Å². The smallest absolute Gasteiger partial charge is 0.324 e. The molecular weight excluding hydrogens is 349 g/mol. The Labute approximate surface area is 153 Å². The highest BCUT2D eigenvalue weighted by Crippen LogP contribution is 2.17. The first-order valence-electron chi connectivity index (χ1n) is 8.33. The van der Waals surface area contributed by atoms with Crippen molar-refractivity contribution in [2.75, 3.05) is 5.32 Å². The third-order valence-corrected chi connectivity index (χ3v) is 4.47. The fourth-order valence-corrected chi connectivity index (χ4v) is 2.89. The molecule has 8 heteroatoms. The molecule has 0 saturated carbocycles. The standard InChI is InChI=1S/C19H16FN5O2/c1-11-3-5-14(7-12(11)2)22-17(26)9-25-19(27)24-10-21-16-6-4-13(20)8-15(16)18(24)23-25/h3-8,10H,9H2,1-2H3,(H,22,26). The Kier molecular flexibility index (Phi) is 3.95. The van der Waals surface area contributed by atoms with Gasteiger partial charge in [0.25, 0.3) is 0 Å². The lowest BCUT2D eigenvalue weighted by atomic mass is 10.1. The molecule has 0 saturated heterocycles. The van der Waals surface area contributed by atoms with Gasteiger partial charge in [0, 0.05) is 11.1 Å². The van der Waals surface area contributed by atoms with Crippen LogP contribution in [0.15, 0.2) is 47.5 Å². The summed E-state index contributed by atoms with van der Waals surface area (Å²) in [6, 6.07) is 9.64. The van der Waals surface area contributed by atoms with Crippen molar-refractivity contribution in [3.05, 3.63) is 70.2 Å². The molecule has 0 aliphatic heterocycles. The van der Waals surface area contributed by atoms with Crippen molar-refractivity contribution in [1.29, 1.82) is 0 Å². The molecule has 0 radical (unpaired) electrons. The van der Waals surface area contributed by atoms with Gasteiger partial charge in [0.1, 0.15) is 18.7 Å². The van der Waals surface area contributed by atoms with Gasteiger partial charge in [-0.2, -0.15) is 0 Å². The second-order valence-electron chi connectivity index (χ2n) is 6.39. The lowest BCUT2D eigenvalue weighted by molar-refractivity contribution is -0.117. The van der Waals surface area contributed by atoms with Crippen LogP contribution in [0.3, 0.4) is 0 Å². The van der Waals surface area contributed by atoms with Crippen molar-refractivity contribution in [1.82, 2.24) is 19.2 Å². The van der Waals surface area contributed by atoms with Gasteiger partial charge in [-0.15, -0.1) is 5.10 Å². The first-order chi connectivity index (χ1) is 12.9. The zero-order valence-electron chi connectivity index (χ0n) is 14.7. The molecule has 4 rings (SSSR count). The Balaban J connectivity index is 1.67. The van der Waals surface area contributed by atoms with Gasteiger partial charge in [0.2, 0.25) is 5.91 Å². The monoisotopic (exact) mass is 365 g/mol. The number of aromatic nitrogens is 4. The molecule has 0 atom stereocenters. The van der Waals surface area contributed by atoms with E-state index < -0.39 is 11.5 Å². The van der Waals surface area contributed by atoms with Gasteiger partial charge in [0.05, 0.1) is 5.52 Å². The number of aryl methyl sites for hydroxylation is 2.